The van der Waals surface area contributed by atoms with E-state index in [4.69, 9.17) is 4.74 Å². The second-order valence-electron chi connectivity index (χ2n) is 9.54. The molecule has 32 heavy (non-hydrogen) atoms. The van der Waals surface area contributed by atoms with Crippen molar-refractivity contribution in [2.75, 3.05) is 13.1 Å². The van der Waals surface area contributed by atoms with Crippen molar-refractivity contribution in [3.05, 3.63) is 30.1 Å². The molecule has 1 saturated heterocycles. The normalized spacial score (nSPS) is 20.2. The van der Waals surface area contributed by atoms with E-state index in [1.165, 1.54) is 12.3 Å². The molecule has 9 nitrogen and oxygen atoms in total. The van der Waals surface area contributed by atoms with Crippen LogP contribution in [0.1, 0.15) is 64.4 Å². The summed E-state index contributed by atoms with van der Waals surface area (Å²) in [7, 11) is 0. The van der Waals surface area contributed by atoms with E-state index in [0.717, 1.165) is 4.90 Å². The van der Waals surface area contributed by atoms with Gasteiger partial charge in [-0.05, 0) is 64.6 Å². The van der Waals surface area contributed by atoms with E-state index in [2.05, 4.69) is 15.6 Å². The number of alkyl carbamates (subject to hydrolysis) is 1. The number of hydrogen-bond donors (Lipinski definition) is 3. The number of ether oxygens (including phenoxy) is 1. The Morgan fingerprint density at radius 2 is 2.03 bits per heavy atom. The Kier molecular flexibility index (Phi) is 9.15. The molecule has 0 bridgehead atoms. The van der Waals surface area contributed by atoms with Gasteiger partial charge >= 0.3 is 6.09 Å². The highest BCUT2D eigenvalue weighted by Gasteiger charge is 2.40. The lowest BCUT2D eigenvalue weighted by Gasteiger charge is -2.35. The summed E-state index contributed by atoms with van der Waals surface area (Å²) in [5.74, 6) is -1.11. The summed E-state index contributed by atoms with van der Waals surface area (Å²) in [5, 5.41) is 16.5. The molecule has 178 valence electrons. The van der Waals surface area contributed by atoms with E-state index in [0.29, 0.717) is 25.8 Å². The van der Waals surface area contributed by atoms with Gasteiger partial charge in [0.2, 0.25) is 0 Å². The Bertz CT molecular complexity index is 778. The molecule has 1 aliphatic rings. The van der Waals surface area contributed by atoms with Gasteiger partial charge in [0, 0.05) is 12.7 Å². The molecule has 0 aliphatic carbocycles. The van der Waals surface area contributed by atoms with Gasteiger partial charge in [0.25, 0.3) is 11.8 Å². The first kappa shape index (κ1) is 25.7. The molecule has 2 unspecified atom stereocenters. The third-order valence-corrected chi connectivity index (χ3v) is 5.02. The molecule has 9 heteroatoms. The first-order chi connectivity index (χ1) is 15.0. The number of aliphatic hydroxyl groups is 1. The van der Waals surface area contributed by atoms with Crippen LogP contribution >= 0.6 is 0 Å². The van der Waals surface area contributed by atoms with Crippen LogP contribution in [-0.2, 0) is 9.53 Å². The van der Waals surface area contributed by atoms with Gasteiger partial charge in [-0.3, -0.25) is 19.5 Å². The number of β-amino-alcohol motifs (C(OH)–C–C–N with tert-alkyl or cyclic N) is 1. The fraction of sp³-hybridized carbons (Fsp3) is 0.652. The Morgan fingerprint density at radius 1 is 1.31 bits per heavy atom. The van der Waals surface area contributed by atoms with Crippen LogP contribution in [0.3, 0.4) is 0 Å². The second-order valence-corrected chi connectivity index (χ2v) is 9.54. The highest BCUT2D eigenvalue weighted by atomic mass is 16.6. The highest BCUT2D eigenvalue weighted by Crippen LogP contribution is 2.20. The average molecular weight is 449 g/mol. The van der Waals surface area contributed by atoms with Gasteiger partial charge < -0.3 is 20.5 Å². The molecule has 2 heterocycles. The Morgan fingerprint density at radius 3 is 2.62 bits per heavy atom. The van der Waals surface area contributed by atoms with Crippen molar-refractivity contribution in [3.8, 4) is 0 Å². The van der Waals surface area contributed by atoms with Gasteiger partial charge in [0.05, 0.1) is 12.1 Å². The molecule has 1 aliphatic heterocycles. The SMILES string of the molecule is CC(C)CC(NC(=O)OC(C)(C)C)C(=O)N(C(=O)c1ccccn1)C1CCCNC[C@@H]1O. The van der Waals surface area contributed by atoms with Crippen LogP contribution in [-0.4, -0.2) is 69.8 Å². The maximum atomic E-state index is 13.7. The molecule has 1 aromatic heterocycles. The summed E-state index contributed by atoms with van der Waals surface area (Å²) in [5.41, 5.74) is -0.631. The maximum Gasteiger partial charge on any atom is 0.408 e. The number of rotatable bonds is 6. The number of aromatic nitrogens is 1. The molecule has 3 amide bonds. The quantitative estimate of drug-likeness (QED) is 0.609. The third kappa shape index (κ3) is 7.56. The number of nitrogens with zero attached hydrogens (tertiary/aromatic N) is 2. The lowest BCUT2D eigenvalue weighted by molar-refractivity contribution is -0.135. The molecule has 3 N–H and O–H groups in total. The zero-order valence-corrected chi connectivity index (χ0v) is 19.6. The van der Waals surface area contributed by atoms with E-state index < -0.39 is 41.7 Å². The topological polar surface area (TPSA) is 121 Å². The van der Waals surface area contributed by atoms with Crippen LogP contribution in [0.25, 0.3) is 0 Å². The van der Waals surface area contributed by atoms with E-state index in [1.807, 2.05) is 13.8 Å². The van der Waals surface area contributed by atoms with Crippen molar-refractivity contribution in [3.63, 3.8) is 0 Å². The minimum absolute atomic E-state index is 0.0615. The predicted octanol–water partition coefficient (Wildman–Crippen LogP) is 2.10. The molecule has 1 aromatic rings. The maximum absolute atomic E-state index is 13.7. The number of nitrogens with one attached hydrogen (secondary N) is 2. The first-order valence-electron chi connectivity index (χ1n) is 11.2. The summed E-state index contributed by atoms with van der Waals surface area (Å²) in [6, 6.07) is 3.16. The first-order valence-corrected chi connectivity index (χ1v) is 11.2. The number of carbonyl (C=O) groups is 3. The van der Waals surface area contributed by atoms with E-state index in [9.17, 15) is 19.5 Å². The summed E-state index contributed by atoms with van der Waals surface area (Å²) in [4.78, 5) is 44.8. The Balaban J connectivity index is 2.39. The number of hydrogen-bond acceptors (Lipinski definition) is 7. The van der Waals surface area contributed by atoms with Gasteiger partial charge in [0.15, 0.2) is 0 Å². The van der Waals surface area contributed by atoms with Crippen molar-refractivity contribution < 1.29 is 24.2 Å². The molecule has 2 rings (SSSR count). The van der Waals surface area contributed by atoms with Gasteiger partial charge in [-0.25, -0.2) is 4.79 Å². The summed E-state index contributed by atoms with van der Waals surface area (Å²) in [6.07, 6.45) is 1.26. The van der Waals surface area contributed by atoms with Crippen molar-refractivity contribution in [1.29, 1.82) is 0 Å². The minimum atomic E-state index is -0.985. The van der Waals surface area contributed by atoms with Crippen molar-refractivity contribution in [1.82, 2.24) is 20.5 Å². The van der Waals surface area contributed by atoms with E-state index in [1.54, 1.807) is 32.9 Å². The fourth-order valence-electron chi connectivity index (χ4n) is 3.65. The summed E-state index contributed by atoms with van der Waals surface area (Å²) in [6.45, 7) is 9.99. The van der Waals surface area contributed by atoms with Gasteiger partial charge in [-0.2, -0.15) is 0 Å². The van der Waals surface area contributed by atoms with E-state index >= 15 is 0 Å². The number of carbonyl (C=O) groups excluding carboxylic acids is 3. The number of imide groups is 1. The summed E-state index contributed by atoms with van der Waals surface area (Å²) >= 11 is 0. The summed E-state index contributed by atoms with van der Waals surface area (Å²) < 4.78 is 5.33. The Labute approximate surface area is 189 Å². The zero-order chi connectivity index (χ0) is 23.9. The third-order valence-electron chi connectivity index (χ3n) is 5.02. The molecule has 3 atom stereocenters. The monoisotopic (exact) mass is 448 g/mol. The predicted molar refractivity (Wildman–Crippen MR) is 120 cm³/mol. The van der Waals surface area contributed by atoms with Crippen LogP contribution in [0.4, 0.5) is 4.79 Å². The van der Waals surface area contributed by atoms with Crippen LogP contribution in [0.15, 0.2) is 24.4 Å². The van der Waals surface area contributed by atoms with Gasteiger partial charge in [-0.1, -0.05) is 19.9 Å². The van der Waals surface area contributed by atoms with Crippen molar-refractivity contribution in [2.45, 2.75) is 77.7 Å². The van der Waals surface area contributed by atoms with Gasteiger partial charge in [-0.15, -0.1) is 0 Å². The average Bonchev–Trinajstić information content (AvgIpc) is 2.91. The van der Waals surface area contributed by atoms with Crippen LogP contribution in [0.2, 0.25) is 0 Å². The second kappa shape index (κ2) is 11.4. The number of pyridine rings is 1. The number of aliphatic hydroxyl groups excluding tert-OH is 1. The lowest BCUT2D eigenvalue weighted by Crippen LogP contribution is -2.58. The largest absolute Gasteiger partial charge is 0.444 e. The van der Waals surface area contributed by atoms with Crippen LogP contribution < -0.4 is 10.6 Å². The molecular weight excluding hydrogens is 412 g/mol. The molecule has 0 saturated carbocycles. The molecule has 0 spiro atoms. The fourth-order valence-corrected chi connectivity index (χ4v) is 3.65. The van der Waals surface area contributed by atoms with Crippen molar-refractivity contribution >= 4 is 17.9 Å². The van der Waals surface area contributed by atoms with Crippen molar-refractivity contribution in [2.24, 2.45) is 5.92 Å². The Hall–Kier alpha value is -2.52. The molecule has 0 radical (unpaired) electrons. The number of amides is 3. The molecular formula is C23H36N4O5. The minimum Gasteiger partial charge on any atom is -0.444 e. The lowest BCUT2D eigenvalue weighted by atomic mass is 9.98. The molecule has 0 aromatic carbocycles. The van der Waals surface area contributed by atoms with E-state index in [-0.39, 0.29) is 18.2 Å². The smallest absolute Gasteiger partial charge is 0.408 e. The van der Waals surface area contributed by atoms with Crippen LogP contribution in [0.5, 0.6) is 0 Å². The highest BCUT2D eigenvalue weighted by molar-refractivity contribution is 6.06. The van der Waals surface area contributed by atoms with Crippen LogP contribution in [0, 0.1) is 5.92 Å². The zero-order valence-electron chi connectivity index (χ0n) is 19.6. The molecule has 1 fully saturated rings. The van der Waals surface area contributed by atoms with Gasteiger partial charge in [0.1, 0.15) is 17.3 Å². The standard InChI is InChI=1S/C23H36N4O5/c1-15(2)13-17(26-22(31)32-23(3,4)5)21(30)27(18-10-8-11-24-14-19(18)28)20(29)16-9-6-7-12-25-16/h6-7,9,12,15,17-19,24,28H,8,10-11,13-14H2,1-5H3,(H,26,31)/t17?,18?,19-/m0/s1.